The summed E-state index contributed by atoms with van der Waals surface area (Å²) in [6.45, 7) is 5.27. The molecule has 0 saturated carbocycles. The van der Waals surface area contributed by atoms with E-state index in [4.69, 9.17) is 16.3 Å². The standard InChI is InChI=1S/C19H22ClFN2O5S/c1-12(2)10-28-18(24)9-23-13(3)4-7-17(19(23)25)22-29(26,27)11-14-5-6-15(21)8-16(14)20/h4-8,12,22H,9-11H2,1-3H3. The fourth-order valence-electron chi connectivity index (χ4n) is 2.43. The van der Waals surface area contributed by atoms with E-state index in [1.807, 2.05) is 13.8 Å². The summed E-state index contributed by atoms with van der Waals surface area (Å²) in [7, 11) is -4.01. The highest BCUT2D eigenvalue weighted by Crippen LogP contribution is 2.20. The molecule has 0 amide bonds. The van der Waals surface area contributed by atoms with Gasteiger partial charge in [-0.25, -0.2) is 12.8 Å². The number of esters is 1. The van der Waals surface area contributed by atoms with Crippen molar-refractivity contribution < 1.29 is 22.3 Å². The van der Waals surface area contributed by atoms with Crippen LogP contribution in [0.2, 0.25) is 5.02 Å². The number of carbonyl (C=O) groups excluding carboxylic acids is 1. The van der Waals surface area contributed by atoms with Gasteiger partial charge in [0.2, 0.25) is 10.0 Å². The molecule has 1 N–H and O–H groups in total. The molecular formula is C19H22ClFN2O5S. The van der Waals surface area contributed by atoms with E-state index in [2.05, 4.69) is 4.72 Å². The van der Waals surface area contributed by atoms with Crippen molar-refractivity contribution in [2.24, 2.45) is 5.92 Å². The quantitative estimate of drug-likeness (QED) is 0.631. The lowest BCUT2D eigenvalue weighted by Gasteiger charge is -2.14. The SMILES string of the molecule is Cc1ccc(NS(=O)(=O)Cc2ccc(F)cc2Cl)c(=O)n1CC(=O)OCC(C)C. The lowest BCUT2D eigenvalue weighted by Crippen LogP contribution is -2.31. The highest BCUT2D eigenvalue weighted by molar-refractivity contribution is 7.91. The molecule has 0 fully saturated rings. The minimum absolute atomic E-state index is 0.0374. The van der Waals surface area contributed by atoms with Gasteiger partial charge in [0.15, 0.2) is 0 Å². The second kappa shape index (κ2) is 9.41. The number of aromatic nitrogens is 1. The van der Waals surface area contributed by atoms with Crippen molar-refractivity contribution in [3.05, 3.63) is 62.8 Å². The Bertz CT molecular complexity index is 1070. The van der Waals surface area contributed by atoms with E-state index in [9.17, 15) is 22.4 Å². The number of nitrogens with one attached hydrogen (secondary N) is 1. The topological polar surface area (TPSA) is 94.5 Å². The summed E-state index contributed by atoms with van der Waals surface area (Å²) in [5, 5.41) is -0.0374. The number of hydrogen-bond acceptors (Lipinski definition) is 5. The average molecular weight is 445 g/mol. The van der Waals surface area contributed by atoms with E-state index >= 15 is 0 Å². The number of nitrogens with zero attached hydrogens (tertiary/aromatic N) is 1. The molecule has 1 heterocycles. The van der Waals surface area contributed by atoms with Crippen LogP contribution in [0.15, 0.2) is 35.1 Å². The number of ether oxygens (including phenoxy) is 1. The van der Waals surface area contributed by atoms with Crippen LogP contribution in [0.3, 0.4) is 0 Å². The molecule has 1 aromatic heterocycles. The third kappa shape index (κ3) is 6.57. The molecule has 0 aliphatic carbocycles. The summed E-state index contributed by atoms with van der Waals surface area (Å²) >= 11 is 5.88. The number of halogens is 2. The number of hydrogen-bond donors (Lipinski definition) is 1. The zero-order valence-electron chi connectivity index (χ0n) is 16.2. The third-order valence-electron chi connectivity index (χ3n) is 3.88. The van der Waals surface area contributed by atoms with E-state index in [1.54, 1.807) is 6.92 Å². The van der Waals surface area contributed by atoms with Crippen molar-refractivity contribution in [2.45, 2.75) is 33.1 Å². The first-order valence-electron chi connectivity index (χ1n) is 8.79. The molecule has 0 spiro atoms. The smallest absolute Gasteiger partial charge is 0.326 e. The van der Waals surface area contributed by atoms with Gasteiger partial charge >= 0.3 is 5.97 Å². The van der Waals surface area contributed by atoms with Crippen LogP contribution in [0, 0.1) is 18.7 Å². The molecule has 2 rings (SSSR count). The number of aryl methyl sites for hydroxylation is 1. The summed E-state index contributed by atoms with van der Waals surface area (Å²) < 4.78 is 46.4. The molecule has 0 radical (unpaired) electrons. The Kier molecular flexibility index (Phi) is 7.43. The van der Waals surface area contributed by atoms with Gasteiger partial charge in [0.05, 0.1) is 12.4 Å². The molecular weight excluding hydrogens is 423 g/mol. The Labute approximate surface area is 173 Å². The minimum atomic E-state index is -4.01. The van der Waals surface area contributed by atoms with Gasteiger partial charge in [0.25, 0.3) is 5.56 Å². The zero-order chi connectivity index (χ0) is 21.8. The van der Waals surface area contributed by atoms with Crippen LogP contribution in [0.25, 0.3) is 0 Å². The van der Waals surface area contributed by atoms with Crippen LogP contribution in [0.5, 0.6) is 0 Å². The molecule has 0 bridgehead atoms. The summed E-state index contributed by atoms with van der Waals surface area (Å²) in [5.41, 5.74) is -0.239. The molecule has 0 saturated heterocycles. The minimum Gasteiger partial charge on any atom is -0.464 e. The van der Waals surface area contributed by atoms with Gasteiger partial charge in [-0.1, -0.05) is 31.5 Å². The van der Waals surface area contributed by atoms with Crippen LogP contribution < -0.4 is 10.3 Å². The van der Waals surface area contributed by atoms with Gasteiger partial charge in [0, 0.05) is 10.7 Å². The van der Waals surface area contributed by atoms with E-state index in [0.29, 0.717) is 5.69 Å². The average Bonchev–Trinajstić information content (AvgIpc) is 2.61. The number of benzene rings is 1. The van der Waals surface area contributed by atoms with E-state index < -0.39 is 33.1 Å². The monoisotopic (exact) mass is 444 g/mol. The molecule has 10 heteroatoms. The maximum atomic E-state index is 13.1. The lowest BCUT2D eigenvalue weighted by atomic mass is 10.2. The Balaban J connectivity index is 2.22. The number of sulfonamides is 1. The summed E-state index contributed by atoms with van der Waals surface area (Å²) in [5.74, 6) is -1.58. The second-order valence-corrected chi connectivity index (χ2v) is 9.08. The fourth-order valence-corrected chi connectivity index (χ4v) is 3.96. The van der Waals surface area contributed by atoms with Crippen LogP contribution >= 0.6 is 11.6 Å². The Morgan fingerprint density at radius 3 is 2.59 bits per heavy atom. The summed E-state index contributed by atoms with van der Waals surface area (Å²) in [4.78, 5) is 24.6. The van der Waals surface area contributed by atoms with Crippen LogP contribution in [0.1, 0.15) is 25.1 Å². The number of carbonyl (C=O) groups is 1. The first-order chi connectivity index (χ1) is 13.5. The van der Waals surface area contributed by atoms with Crippen molar-refractivity contribution in [1.29, 1.82) is 0 Å². The van der Waals surface area contributed by atoms with Gasteiger partial charge < -0.3 is 4.74 Å². The van der Waals surface area contributed by atoms with E-state index in [-0.39, 0.29) is 35.3 Å². The predicted molar refractivity (Wildman–Crippen MR) is 109 cm³/mol. The molecule has 2 aromatic rings. The van der Waals surface area contributed by atoms with Gasteiger partial charge in [-0.3, -0.25) is 18.9 Å². The number of rotatable bonds is 8. The zero-order valence-corrected chi connectivity index (χ0v) is 17.8. The predicted octanol–water partition coefficient (Wildman–Crippen LogP) is 3.09. The normalized spacial score (nSPS) is 11.5. The fraction of sp³-hybridized carbons (Fsp3) is 0.368. The molecule has 0 aliphatic rings. The van der Waals surface area contributed by atoms with Crippen molar-refractivity contribution >= 4 is 33.3 Å². The molecule has 1 aromatic carbocycles. The molecule has 0 atom stereocenters. The molecule has 158 valence electrons. The molecule has 7 nitrogen and oxygen atoms in total. The third-order valence-corrected chi connectivity index (χ3v) is 5.46. The number of pyridine rings is 1. The first kappa shape index (κ1) is 22.9. The first-order valence-corrected chi connectivity index (χ1v) is 10.8. The van der Waals surface area contributed by atoms with Crippen molar-refractivity contribution in [1.82, 2.24) is 4.57 Å². The molecule has 0 unspecified atom stereocenters. The van der Waals surface area contributed by atoms with Gasteiger partial charge in [-0.15, -0.1) is 0 Å². The van der Waals surface area contributed by atoms with Crippen LogP contribution in [-0.4, -0.2) is 25.6 Å². The Morgan fingerprint density at radius 2 is 1.97 bits per heavy atom. The summed E-state index contributed by atoms with van der Waals surface area (Å²) in [6, 6.07) is 6.19. The van der Waals surface area contributed by atoms with Crippen molar-refractivity contribution in [3.63, 3.8) is 0 Å². The lowest BCUT2D eigenvalue weighted by molar-refractivity contribution is -0.145. The highest BCUT2D eigenvalue weighted by atomic mass is 35.5. The summed E-state index contributed by atoms with van der Waals surface area (Å²) in [6.07, 6.45) is 0. The Hall–Kier alpha value is -2.39. The van der Waals surface area contributed by atoms with E-state index in [1.165, 1.54) is 18.2 Å². The van der Waals surface area contributed by atoms with Crippen LogP contribution in [-0.2, 0) is 31.9 Å². The Morgan fingerprint density at radius 1 is 1.28 bits per heavy atom. The second-order valence-electron chi connectivity index (χ2n) is 6.95. The molecule has 0 aliphatic heterocycles. The van der Waals surface area contributed by atoms with Gasteiger partial charge in [0.1, 0.15) is 18.0 Å². The van der Waals surface area contributed by atoms with Gasteiger partial charge in [-0.2, -0.15) is 0 Å². The largest absolute Gasteiger partial charge is 0.464 e. The van der Waals surface area contributed by atoms with Crippen LogP contribution in [0.4, 0.5) is 10.1 Å². The molecule has 29 heavy (non-hydrogen) atoms. The number of anilines is 1. The maximum absolute atomic E-state index is 13.1. The van der Waals surface area contributed by atoms with Crippen molar-refractivity contribution in [3.8, 4) is 0 Å². The maximum Gasteiger partial charge on any atom is 0.326 e. The van der Waals surface area contributed by atoms with Gasteiger partial charge in [-0.05, 0) is 42.7 Å². The van der Waals surface area contributed by atoms with Crippen molar-refractivity contribution in [2.75, 3.05) is 11.3 Å². The van der Waals surface area contributed by atoms with E-state index in [0.717, 1.165) is 16.7 Å². The highest BCUT2D eigenvalue weighted by Gasteiger charge is 2.18.